The topological polar surface area (TPSA) is 57.6 Å². The molecule has 4 nitrogen and oxygen atoms in total. The Balaban J connectivity index is 1.94. The lowest BCUT2D eigenvalue weighted by Crippen LogP contribution is -2.42. The molecule has 1 N–H and O–H groups in total. The number of aliphatic carboxylic acids is 1. The van der Waals surface area contributed by atoms with E-state index in [1.54, 1.807) is 23.1 Å². The van der Waals surface area contributed by atoms with E-state index in [0.29, 0.717) is 23.1 Å². The first-order valence-electron chi connectivity index (χ1n) is 10.6. The summed E-state index contributed by atoms with van der Waals surface area (Å²) in [7, 11) is 0. The van der Waals surface area contributed by atoms with Gasteiger partial charge in [0.25, 0.3) is 0 Å². The molecule has 0 aromatic heterocycles. The van der Waals surface area contributed by atoms with Gasteiger partial charge in [-0.25, -0.2) is 9.18 Å². The second-order valence-electron chi connectivity index (χ2n) is 8.59. The Morgan fingerprint density at radius 3 is 2.50 bits per heavy atom. The molecule has 162 valence electrons. The molecule has 3 aliphatic rings. The summed E-state index contributed by atoms with van der Waals surface area (Å²) in [6, 6.07) is -0.124. The van der Waals surface area contributed by atoms with Crippen molar-refractivity contribution in [3.63, 3.8) is 0 Å². The zero-order valence-electron chi connectivity index (χ0n) is 17.9. The van der Waals surface area contributed by atoms with Gasteiger partial charge >= 0.3 is 5.97 Å². The third-order valence-electron chi connectivity index (χ3n) is 5.95. The van der Waals surface area contributed by atoms with Gasteiger partial charge in [0.15, 0.2) is 0 Å². The summed E-state index contributed by atoms with van der Waals surface area (Å²) < 4.78 is 13.5. The van der Waals surface area contributed by atoms with Crippen LogP contribution in [0.25, 0.3) is 0 Å². The third-order valence-corrected chi connectivity index (χ3v) is 7.10. The zero-order valence-corrected chi connectivity index (χ0v) is 18.7. The largest absolute Gasteiger partial charge is 0.478 e. The first kappa shape index (κ1) is 22.6. The number of hydrogen-bond donors (Lipinski definition) is 1. The highest BCUT2D eigenvalue weighted by Crippen LogP contribution is 2.39. The number of carboxylic acids is 1. The second-order valence-corrected chi connectivity index (χ2v) is 9.56. The molecule has 0 aromatic carbocycles. The number of rotatable bonds is 5. The van der Waals surface area contributed by atoms with Crippen LogP contribution in [0.1, 0.15) is 52.9 Å². The maximum atomic E-state index is 13.5. The fraction of sp³-hybridized carbons (Fsp3) is 0.500. The van der Waals surface area contributed by atoms with Gasteiger partial charge in [-0.15, -0.1) is 11.8 Å². The summed E-state index contributed by atoms with van der Waals surface area (Å²) in [5.41, 5.74) is 1.90. The van der Waals surface area contributed by atoms with Crippen molar-refractivity contribution < 1.29 is 19.1 Å². The Kier molecular flexibility index (Phi) is 7.40. The van der Waals surface area contributed by atoms with Crippen molar-refractivity contribution >= 4 is 23.6 Å². The molecule has 2 aliphatic carbocycles. The summed E-state index contributed by atoms with van der Waals surface area (Å²) in [5.74, 6) is -0.166. The average Bonchev–Trinajstić information content (AvgIpc) is 2.93. The van der Waals surface area contributed by atoms with E-state index in [1.165, 1.54) is 23.9 Å². The van der Waals surface area contributed by atoms with E-state index in [1.807, 2.05) is 13.8 Å². The molecule has 1 saturated carbocycles. The smallest absolute Gasteiger partial charge is 0.338 e. The molecule has 0 unspecified atom stereocenters. The number of halogens is 1. The van der Waals surface area contributed by atoms with Gasteiger partial charge in [0.1, 0.15) is 5.83 Å². The first-order valence-corrected chi connectivity index (χ1v) is 11.6. The van der Waals surface area contributed by atoms with Crippen molar-refractivity contribution in [2.45, 2.75) is 58.9 Å². The molecule has 1 fully saturated rings. The van der Waals surface area contributed by atoms with E-state index in [0.717, 1.165) is 36.8 Å². The minimum atomic E-state index is -1.04. The Morgan fingerprint density at radius 1 is 1.17 bits per heavy atom. The van der Waals surface area contributed by atoms with Gasteiger partial charge in [0, 0.05) is 17.7 Å². The molecule has 0 radical (unpaired) electrons. The maximum absolute atomic E-state index is 13.5. The molecule has 30 heavy (non-hydrogen) atoms. The van der Waals surface area contributed by atoms with Crippen LogP contribution < -0.4 is 0 Å². The summed E-state index contributed by atoms with van der Waals surface area (Å²) in [6.07, 6.45) is 12.3. The van der Waals surface area contributed by atoms with Crippen molar-refractivity contribution in [2.75, 3.05) is 5.75 Å². The van der Waals surface area contributed by atoms with Gasteiger partial charge in [-0.3, -0.25) is 4.79 Å². The van der Waals surface area contributed by atoms with Crippen molar-refractivity contribution in [3.8, 4) is 0 Å². The van der Waals surface area contributed by atoms with Gasteiger partial charge < -0.3 is 10.0 Å². The normalized spacial score (nSPS) is 24.8. The first-order chi connectivity index (χ1) is 14.3. The van der Waals surface area contributed by atoms with Crippen molar-refractivity contribution in [3.05, 3.63) is 58.0 Å². The minimum absolute atomic E-state index is 0.0385. The summed E-state index contributed by atoms with van der Waals surface area (Å²) >= 11 is 1.39. The van der Waals surface area contributed by atoms with Crippen LogP contribution in [0.5, 0.6) is 0 Å². The third kappa shape index (κ3) is 5.15. The molecule has 0 aromatic rings. The van der Waals surface area contributed by atoms with Gasteiger partial charge in [-0.2, -0.15) is 0 Å². The lowest BCUT2D eigenvalue weighted by Gasteiger charge is -2.36. The second kappa shape index (κ2) is 9.82. The lowest BCUT2D eigenvalue weighted by atomic mass is 9.82. The predicted octanol–water partition coefficient (Wildman–Crippen LogP) is 5.76. The molecule has 0 spiro atoms. The number of carbonyl (C=O) groups is 2. The summed E-state index contributed by atoms with van der Waals surface area (Å²) in [6.45, 7) is 6.08. The minimum Gasteiger partial charge on any atom is -0.478 e. The van der Waals surface area contributed by atoms with Crippen LogP contribution in [-0.4, -0.2) is 33.7 Å². The molecular weight excluding hydrogens is 401 g/mol. The Labute approximate surface area is 182 Å². The van der Waals surface area contributed by atoms with E-state index in [-0.39, 0.29) is 29.3 Å². The maximum Gasteiger partial charge on any atom is 0.338 e. The van der Waals surface area contributed by atoms with Gasteiger partial charge in [-0.05, 0) is 81.2 Å². The van der Waals surface area contributed by atoms with E-state index in [2.05, 4.69) is 6.92 Å². The van der Waals surface area contributed by atoms with Gasteiger partial charge in [-0.1, -0.05) is 19.1 Å². The molecule has 0 saturated heterocycles. The SMILES string of the molecule is CC1CCC(C(=O)N(C2=C(C(=O)O)C=C(C3=CC=C(F)C=CC3)CS2)C(C)C)CC1. The van der Waals surface area contributed by atoms with Crippen LogP contribution >= 0.6 is 11.8 Å². The molecule has 3 rings (SSSR count). The van der Waals surface area contributed by atoms with Crippen LogP contribution in [0.15, 0.2) is 58.0 Å². The number of thioether (sulfide) groups is 1. The van der Waals surface area contributed by atoms with Crippen molar-refractivity contribution in [1.82, 2.24) is 4.90 Å². The van der Waals surface area contributed by atoms with Crippen LogP contribution in [0, 0.1) is 11.8 Å². The monoisotopic (exact) mass is 431 g/mol. The predicted molar refractivity (Wildman–Crippen MR) is 119 cm³/mol. The fourth-order valence-corrected chi connectivity index (χ4v) is 5.48. The summed E-state index contributed by atoms with van der Waals surface area (Å²) in [4.78, 5) is 27.2. The Morgan fingerprint density at radius 2 is 1.87 bits per heavy atom. The van der Waals surface area contributed by atoms with Crippen molar-refractivity contribution in [2.24, 2.45) is 11.8 Å². The highest BCUT2D eigenvalue weighted by Gasteiger charge is 2.34. The van der Waals surface area contributed by atoms with E-state index < -0.39 is 5.97 Å². The van der Waals surface area contributed by atoms with E-state index in [4.69, 9.17) is 0 Å². The van der Waals surface area contributed by atoms with Crippen LogP contribution in [0.4, 0.5) is 4.39 Å². The number of amides is 1. The van der Waals surface area contributed by atoms with E-state index in [9.17, 15) is 19.1 Å². The quantitative estimate of drug-likeness (QED) is 0.601. The molecule has 6 heteroatoms. The molecule has 0 atom stereocenters. The standard InChI is InChI=1S/C24H30FNO3S/c1-15(2)26(22(27)18-9-7-16(3)8-10-18)23-21(24(28)29)13-19(14-30-23)17-5-4-6-20(25)12-11-17/h4,6,11-13,15-16,18H,5,7-10,14H2,1-3H3,(H,28,29). The Bertz CT molecular complexity index is 858. The van der Waals surface area contributed by atoms with Crippen molar-refractivity contribution in [1.29, 1.82) is 0 Å². The zero-order chi connectivity index (χ0) is 21.8. The van der Waals surface area contributed by atoms with Gasteiger partial charge in [0.05, 0.1) is 10.6 Å². The molecule has 1 heterocycles. The van der Waals surface area contributed by atoms with E-state index >= 15 is 0 Å². The molecular formula is C24H30FNO3S. The average molecular weight is 432 g/mol. The highest BCUT2D eigenvalue weighted by atomic mass is 32.2. The van der Waals surface area contributed by atoms with Crippen LogP contribution in [0.2, 0.25) is 0 Å². The number of allylic oxidation sites excluding steroid dienone is 6. The van der Waals surface area contributed by atoms with Crippen LogP contribution in [0.3, 0.4) is 0 Å². The number of carbonyl (C=O) groups excluding carboxylic acids is 1. The molecule has 1 aliphatic heterocycles. The lowest BCUT2D eigenvalue weighted by molar-refractivity contribution is -0.135. The highest BCUT2D eigenvalue weighted by molar-refractivity contribution is 8.03. The summed E-state index contributed by atoms with van der Waals surface area (Å²) in [5, 5.41) is 10.4. The molecule has 0 bridgehead atoms. The molecule has 1 amide bonds. The van der Waals surface area contributed by atoms with Crippen LogP contribution in [-0.2, 0) is 9.59 Å². The number of hydrogen-bond acceptors (Lipinski definition) is 3. The number of nitrogens with zero attached hydrogens (tertiary/aromatic N) is 1. The Hall–Kier alpha value is -2.08. The van der Waals surface area contributed by atoms with Gasteiger partial charge in [0.2, 0.25) is 5.91 Å². The number of carboxylic acid groups (broad SMARTS) is 1. The fourth-order valence-electron chi connectivity index (χ4n) is 4.17.